The Morgan fingerprint density at radius 2 is 1.74 bits per heavy atom. The molecule has 3 nitrogen and oxygen atoms in total. The van der Waals surface area contributed by atoms with Gasteiger partial charge < -0.3 is 5.32 Å². The third kappa shape index (κ3) is 4.50. The van der Waals surface area contributed by atoms with Crippen molar-refractivity contribution in [2.45, 2.75) is 20.8 Å². The molecule has 0 radical (unpaired) electrons. The van der Waals surface area contributed by atoms with Crippen LogP contribution in [0.15, 0.2) is 42.6 Å². The van der Waals surface area contributed by atoms with Gasteiger partial charge in [0.15, 0.2) is 0 Å². The van der Waals surface area contributed by atoms with E-state index in [1.165, 1.54) is 30.5 Å². The maximum atomic E-state index is 12.7. The Hall–Kier alpha value is -2.23. The lowest BCUT2D eigenvalue weighted by molar-refractivity contribution is 0.102. The number of nitrogens with zero attached hydrogens (tertiary/aromatic N) is 1. The first kappa shape index (κ1) is 14.8. The predicted octanol–water partition coefficient (Wildman–Crippen LogP) is 3.81. The van der Waals surface area contributed by atoms with Crippen molar-refractivity contribution in [1.82, 2.24) is 4.98 Å². The van der Waals surface area contributed by atoms with E-state index in [1.807, 2.05) is 20.8 Å². The summed E-state index contributed by atoms with van der Waals surface area (Å²) >= 11 is 0. The first-order chi connectivity index (χ1) is 9.15. The van der Waals surface area contributed by atoms with Crippen LogP contribution in [-0.4, -0.2) is 10.9 Å². The fraction of sp³-hybridized carbons (Fsp3) is 0.200. The number of nitrogens with one attached hydrogen (secondary N) is 1. The van der Waals surface area contributed by atoms with Crippen LogP contribution < -0.4 is 5.32 Å². The Morgan fingerprint density at radius 3 is 2.26 bits per heavy atom. The van der Waals surface area contributed by atoms with Crippen molar-refractivity contribution in [3.8, 4) is 0 Å². The van der Waals surface area contributed by atoms with Crippen molar-refractivity contribution in [3.05, 3.63) is 59.7 Å². The van der Waals surface area contributed by atoms with E-state index in [0.29, 0.717) is 11.3 Å². The molecular weight excluding hydrogens is 243 g/mol. The SMILES string of the molecule is CC.Cc1ccc(C(=O)Nc2ccc(F)cc2)cn1. The highest BCUT2D eigenvalue weighted by molar-refractivity contribution is 6.04. The molecule has 0 fully saturated rings. The van der Waals surface area contributed by atoms with Gasteiger partial charge in [0.2, 0.25) is 0 Å². The molecule has 0 saturated carbocycles. The Morgan fingerprint density at radius 1 is 1.11 bits per heavy atom. The molecule has 0 atom stereocenters. The summed E-state index contributed by atoms with van der Waals surface area (Å²) in [4.78, 5) is 15.8. The number of hydrogen-bond donors (Lipinski definition) is 1. The van der Waals surface area contributed by atoms with Gasteiger partial charge in [-0.15, -0.1) is 0 Å². The summed E-state index contributed by atoms with van der Waals surface area (Å²) < 4.78 is 12.7. The molecule has 0 spiro atoms. The Labute approximate surface area is 112 Å². The molecule has 1 aromatic heterocycles. The van der Waals surface area contributed by atoms with Crippen LogP contribution in [0.5, 0.6) is 0 Å². The molecule has 100 valence electrons. The smallest absolute Gasteiger partial charge is 0.257 e. The van der Waals surface area contributed by atoms with E-state index in [9.17, 15) is 9.18 Å². The van der Waals surface area contributed by atoms with E-state index in [2.05, 4.69) is 10.3 Å². The number of anilines is 1. The fourth-order valence-corrected chi connectivity index (χ4v) is 1.34. The minimum absolute atomic E-state index is 0.260. The molecule has 1 N–H and O–H groups in total. The Kier molecular flexibility index (Phi) is 5.67. The van der Waals surface area contributed by atoms with Crippen LogP contribution in [0.4, 0.5) is 10.1 Å². The number of rotatable bonds is 2. The number of hydrogen-bond acceptors (Lipinski definition) is 2. The molecule has 0 unspecified atom stereocenters. The molecule has 2 rings (SSSR count). The van der Waals surface area contributed by atoms with Crippen LogP contribution in [0.3, 0.4) is 0 Å². The zero-order valence-electron chi connectivity index (χ0n) is 11.3. The van der Waals surface area contributed by atoms with Crippen molar-refractivity contribution in [2.75, 3.05) is 5.32 Å². The number of pyridine rings is 1. The molecule has 19 heavy (non-hydrogen) atoms. The Balaban J connectivity index is 0.000000861. The summed E-state index contributed by atoms with van der Waals surface area (Å²) in [7, 11) is 0. The third-order valence-electron chi connectivity index (χ3n) is 2.28. The normalized spacial score (nSPS) is 9.26. The lowest BCUT2D eigenvalue weighted by Gasteiger charge is -2.04. The summed E-state index contributed by atoms with van der Waals surface area (Å²) in [6.07, 6.45) is 1.51. The monoisotopic (exact) mass is 260 g/mol. The number of aryl methyl sites for hydroxylation is 1. The average Bonchev–Trinajstić information content (AvgIpc) is 2.44. The number of carbonyl (C=O) groups is 1. The molecule has 0 saturated heterocycles. The van der Waals surface area contributed by atoms with Crippen LogP contribution >= 0.6 is 0 Å². The zero-order chi connectivity index (χ0) is 14.3. The lowest BCUT2D eigenvalue weighted by Crippen LogP contribution is -2.12. The molecule has 0 aliphatic heterocycles. The van der Waals surface area contributed by atoms with Crippen molar-refractivity contribution in [3.63, 3.8) is 0 Å². The number of amides is 1. The molecule has 1 heterocycles. The van der Waals surface area contributed by atoms with Crippen molar-refractivity contribution >= 4 is 11.6 Å². The topological polar surface area (TPSA) is 42.0 Å². The van der Waals surface area contributed by atoms with Crippen LogP contribution in [0.25, 0.3) is 0 Å². The van der Waals surface area contributed by atoms with E-state index < -0.39 is 0 Å². The maximum Gasteiger partial charge on any atom is 0.257 e. The first-order valence-corrected chi connectivity index (χ1v) is 6.15. The van der Waals surface area contributed by atoms with Gasteiger partial charge in [0, 0.05) is 17.6 Å². The molecule has 0 aliphatic rings. The highest BCUT2D eigenvalue weighted by Gasteiger charge is 2.05. The van der Waals surface area contributed by atoms with E-state index in [1.54, 1.807) is 12.1 Å². The van der Waals surface area contributed by atoms with Gasteiger partial charge in [0.25, 0.3) is 5.91 Å². The van der Waals surface area contributed by atoms with Crippen molar-refractivity contribution < 1.29 is 9.18 Å². The molecule has 1 aromatic carbocycles. The van der Waals surface area contributed by atoms with Gasteiger partial charge in [-0.05, 0) is 43.3 Å². The standard InChI is InChI=1S/C13H11FN2O.C2H6/c1-9-2-3-10(8-15-9)13(17)16-12-6-4-11(14)5-7-12;1-2/h2-8H,1H3,(H,16,17);1-2H3. The molecule has 0 aliphatic carbocycles. The molecular formula is C15H17FN2O. The summed E-state index contributed by atoms with van der Waals surface area (Å²) in [5, 5.41) is 2.66. The van der Waals surface area contributed by atoms with Gasteiger partial charge in [-0.1, -0.05) is 13.8 Å². The summed E-state index contributed by atoms with van der Waals surface area (Å²) in [5.74, 6) is -0.593. The Bertz CT molecular complexity index is 521. The van der Waals surface area contributed by atoms with E-state index in [4.69, 9.17) is 0 Å². The van der Waals surface area contributed by atoms with Gasteiger partial charge in [-0.25, -0.2) is 4.39 Å². The first-order valence-electron chi connectivity index (χ1n) is 6.15. The minimum atomic E-state index is -0.333. The van der Waals surface area contributed by atoms with Crippen LogP contribution in [0.2, 0.25) is 0 Å². The number of halogens is 1. The lowest BCUT2D eigenvalue weighted by atomic mass is 10.2. The van der Waals surface area contributed by atoms with E-state index in [0.717, 1.165) is 5.69 Å². The van der Waals surface area contributed by atoms with Crippen LogP contribution in [0, 0.1) is 12.7 Å². The minimum Gasteiger partial charge on any atom is -0.322 e. The quantitative estimate of drug-likeness (QED) is 0.892. The van der Waals surface area contributed by atoms with Crippen molar-refractivity contribution in [1.29, 1.82) is 0 Å². The van der Waals surface area contributed by atoms with Gasteiger partial charge in [0.1, 0.15) is 5.82 Å². The van der Waals surface area contributed by atoms with Crippen LogP contribution in [0.1, 0.15) is 29.9 Å². The summed E-state index contributed by atoms with van der Waals surface area (Å²) in [5.41, 5.74) is 1.88. The molecule has 4 heteroatoms. The number of benzene rings is 1. The largest absolute Gasteiger partial charge is 0.322 e. The van der Waals surface area contributed by atoms with Gasteiger partial charge in [-0.2, -0.15) is 0 Å². The fourth-order valence-electron chi connectivity index (χ4n) is 1.34. The van der Waals surface area contributed by atoms with E-state index >= 15 is 0 Å². The molecule has 0 bridgehead atoms. The van der Waals surface area contributed by atoms with Gasteiger partial charge >= 0.3 is 0 Å². The number of aromatic nitrogens is 1. The second-order valence-corrected chi connectivity index (χ2v) is 3.65. The predicted molar refractivity (Wildman–Crippen MR) is 74.7 cm³/mol. The molecule has 2 aromatic rings. The second-order valence-electron chi connectivity index (χ2n) is 3.65. The van der Waals surface area contributed by atoms with Gasteiger partial charge in [-0.3, -0.25) is 9.78 Å². The van der Waals surface area contributed by atoms with Crippen LogP contribution in [-0.2, 0) is 0 Å². The van der Waals surface area contributed by atoms with Crippen molar-refractivity contribution in [2.24, 2.45) is 0 Å². The van der Waals surface area contributed by atoms with Gasteiger partial charge in [0.05, 0.1) is 5.56 Å². The third-order valence-corrected chi connectivity index (χ3v) is 2.28. The highest BCUT2D eigenvalue weighted by Crippen LogP contribution is 2.10. The maximum absolute atomic E-state index is 12.7. The highest BCUT2D eigenvalue weighted by atomic mass is 19.1. The second kappa shape index (κ2) is 7.26. The zero-order valence-corrected chi connectivity index (χ0v) is 11.3. The summed E-state index contributed by atoms with van der Waals surface area (Å²) in [6.45, 7) is 5.85. The summed E-state index contributed by atoms with van der Waals surface area (Å²) in [6, 6.07) is 9.07. The average molecular weight is 260 g/mol. The number of carbonyl (C=O) groups excluding carboxylic acids is 1. The van der Waals surface area contributed by atoms with E-state index in [-0.39, 0.29) is 11.7 Å². The molecule has 1 amide bonds.